The van der Waals surface area contributed by atoms with Gasteiger partial charge >= 0.3 is 18.1 Å². The van der Waals surface area contributed by atoms with Gasteiger partial charge in [0.05, 0.1) is 0 Å². The highest BCUT2D eigenvalue weighted by Gasteiger charge is 2.58. The first-order valence-corrected chi connectivity index (χ1v) is 14.7. The molecule has 0 aromatic heterocycles. The van der Waals surface area contributed by atoms with Gasteiger partial charge in [0.25, 0.3) is 5.91 Å². The van der Waals surface area contributed by atoms with E-state index in [0.29, 0.717) is 11.1 Å². The minimum atomic E-state index is -1.52. The quantitative estimate of drug-likeness (QED) is 0.244. The average Bonchev–Trinajstić information content (AvgIpc) is 3.22. The van der Waals surface area contributed by atoms with Gasteiger partial charge in [-0.1, -0.05) is 105 Å². The number of aliphatic carboxylic acids is 1. The Hall–Kier alpha value is -5.19. The van der Waals surface area contributed by atoms with E-state index in [9.17, 15) is 29.1 Å². The summed E-state index contributed by atoms with van der Waals surface area (Å²) in [6.07, 6.45) is -0.836. The lowest BCUT2D eigenvalue weighted by atomic mass is 9.89. The van der Waals surface area contributed by atoms with Crippen molar-refractivity contribution in [2.24, 2.45) is 5.92 Å². The maximum atomic E-state index is 14.3. The molecule has 0 saturated carbocycles. The fraction of sp³-hybridized carbons (Fsp3) is 0.324. The van der Waals surface area contributed by atoms with Crippen LogP contribution >= 0.6 is 0 Å². The molecule has 1 saturated heterocycles. The van der Waals surface area contributed by atoms with Crippen molar-refractivity contribution in [3.63, 3.8) is 0 Å². The minimum absolute atomic E-state index is 0.0688. The lowest BCUT2D eigenvalue weighted by Gasteiger charge is -2.32. The number of carboxylic acids is 1. The predicted molar refractivity (Wildman–Crippen MR) is 165 cm³/mol. The number of carbonyl (C=O) groups excluding carboxylic acids is 4. The molecule has 0 bridgehead atoms. The molecule has 0 aliphatic carbocycles. The number of hydrogen-bond acceptors (Lipinski definition) is 6. The molecule has 1 fully saturated rings. The highest BCUT2D eigenvalue weighted by Crippen LogP contribution is 2.40. The molecular formula is C34H38N4O7. The fourth-order valence-corrected chi connectivity index (χ4v) is 5.27. The second-order valence-electron chi connectivity index (χ2n) is 11.5. The van der Waals surface area contributed by atoms with Crippen LogP contribution < -0.4 is 10.6 Å². The number of ether oxygens (including phenoxy) is 1. The van der Waals surface area contributed by atoms with Crippen molar-refractivity contribution in [2.75, 3.05) is 6.54 Å². The number of rotatable bonds is 13. The molecule has 45 heavy (non-hydrogen) atoms. The molecule has 236 valence electrons. The molecule has 0 spiro atoms. The Bertz CT molecular complexity index is 1500. The van der Waals surface area contributed by atoms with Gasteiger partial charge in [0, 0.05) is 13.1 Å². The number of alkyl carbamates (subject to hydrolysis) is 1. The normalized spacial score (nSPS) is 17.6. The Morgan fingerprint density at radius 2 is 1.42 bits per heavy atom. The molecule has 0 radical (unpaired) electrons. The maximum Gasteiger partial charge on any atom is 0.408 e. The summed E-state index contributed by atoms with van der Waals surface area (Å²) < 4.78 is 5.12. The van der Waals surface area contributed by atoms with E-state index in [-0.39, 0.29) is 25.5 Å². The summed E-state index contributed by atoms with van der Waals surface area (Å²) in [5.41, 5.74) is 0.710. The van der Waals surface area contributed by atoms with E-state index in [0.717, 1.165) is 10.5 Å². The van der Waals surface area contributed by atoms with E-state index in [1.54, 1.807) is 55.5 Å². The Kier molecular flexibility index (Phi) is 10.6. The highest BCUT2D eigenvalue weighted by atomic mass is 16.5. The first-order chi connectivity index (χ1) is 21.5. The van der Waals surface area contributed by atoms with Gasteiger partial charge < -0.3 is 25.4 Å². The largest absolute Gasteiger partial charge is 0.480 e. The lowest BCUT2D eigenvalue weighted by Crippen LogP contribution is -2.55. The molecule has 1 aliphatic rings. The minimum Gasteiger partial charge on any atom is -0.480 e. The zero-order valence-corrected chi connectivity index (χ0v) is 25.5. The van der Waals surface area contributed by atoms with Gasteiger partial charge in [0.1, 0.15) is 24.2 Å². The van der Waals surface area contributed by atoms with E-state index in [2.05, 4.69) is 10.6 Å². The number of nitrogens with one attached hydrogen (secondary N) is 2. The van der Waals surface area contributed by atoms with Crippen LogP contribution in [-0.2, 0) is 37.8 Å². The second kappa shape index (κ2) is 14.5. The highest BCUT2D eigenvalue weighted by molar-refractivity contribution is 6.10. The van der Waals surface area contributed by atoms with Gasteiger partial charge in [-0.25, -0.2) is 19.3 Å². The van der Waals surface area contributed by atoms with Crippen molar-refractivity contribution < 1.29 is 33.8 Å². The fourth-order valence-electron chi connectivity index (χ4n) is 5.27. The van der Waals surface area contributed by atoms with Crippen molar-refractivity contribution in [2.45, 2.75) is 58.0 Å². The van der Waals surface area contributed by atoms with Crippen molar-refractivity contribution in [1.82, 2.24) is 20.4 Å². The van der Waals surface area contributed by atoms with E-state index in [1.807, 2.05) is 56.3 Å². The molecule has 11 heteroatoms. The number of benzene rings is 3. The summed E-state index contributed by atoms with van der Waals surface area (Å²) in [6, 6.07) is 23.6. The summed E-state index contributed by atoms with van der Waals surface area (Å²) in [4.78, 5) is 68.8. The van der Waals surface area contributed by atoms with Crippen LogP contribution in [0.3, 0.4) is 0 Å². The number of nitrogens with zero attached hydrogens (tertiary/aromatic N) is 2. The molecule has 3 N–H and O–H groups in total. The molecule has 3 aromatic carbocycles. The van der Waals surface area contributed by atoms with Crippen molar-refractivity contribution >= 4 is 29.9 Å². The van der Waals surface area contributed by atoms with Gasteiger partial charge in [0.15, 0.2) is 0 Å². The summed E-state index contributed by atoms with van der Waals surface area (Å²) in [7, 11) is 0. The molecule has 4 rings (SSSR count). The Morgan fingerprint density at radius 3 is 1.98 bits per heavy atom. The van der Waals surface area contributed by atoms with Gasteiger partial charge in [-0.2, -0.15) is 0 Å². The summed E-state index contributed by atoms with van der Waals surface area (Å²) >= 11 is 0. The number of carboxylic acid groups (broad SMARTS) is 1. The molecule has 1 unspecified atom stereocenters. The Labute approximate surface area is 262 Å². The van der Waals surface area contributed by atoms with Crippen LogP contribution in [-0.4, -0.2) is 63.4 Å². The van der Waals surface area contributed by atoms with E-state index in [4.69, 9.17) is 4.74 Å². The smallest absolute Gasteiger partial charge is 0.408 e. The molecule has 3 aromatic rings. The maximum absolute atomic E-state index is 14.3. The van der Waals surface area contributed by atoms with Gasteiger partial charge in [0.2, 0.25) is 5.91 Å². The Morgan fingerprint density at radius 1 is 0.867 bits per heavy atom. The van der Waals surface area contributed by atoms with Crippen molar-refractivity contribution in [1.29, 1.82) is 0 Å². The van der Waals surface area contributed by atoms with Crippen LogP contribution in [0.4, 0.5) is 9.59 Å². The third-order valence-corrected chi connectivity index (χ3v) is 7.72. The van der Waals surface area contributed by atoms with E-state index in [1.165, 1.54) is 4.90 Å². The first kappa shape index (κ1) is 32.7. The molecule has 1 aliphatic heterocycles. The third-order valence-electron chi connectivity index (χ3n) is 7.72. The summed E-state index contributed by atoms with van der Waals surface area (Å²) in [5.74, 6) is -2.78. The van der Waals surface area contributed by atoms with Crippen molar-refractivity contribution in [3.8, 4) is 0 Å². The number of urea groups is 1. The topological polar surface area (TPSA) is 145 Å². The van der Waals surface area contributed by atoms with Gasteiger partial charge in [-0.05, 0) is 36.0 Å². The molecule has 5 amide bonds. The van der Waals surface area contributed by atoms with Gasteiger partial charge in [-0.15, -0.1) is 0 Å². The SMILES string of the molecule is CC(C)CC(C(=O)NC[C@H](NC(=O)OCc1ccccc1)C(=O)O)N1C(=O)N(Cc2ccccc2)[C@@](C)(c2ccccc2)C1=O. The number of carbonyl (C=O) groups is 5. The van der Waals surface area contributed by atoms with Crippen molar-refractivity contribution in [3.05, 3.63) is 108 Å². The molecular weight excluding hydrogens is 576 g/mol. The lowest BCUT2D eigenvalue weighted by molar-refractivity contribution is -0.141. The summed E-state index contributed by atoms with van der Waals surface area (Å²) in [5, 5.41) is 14.5. The summed E-state index contributed by atoms with van der Waals surface area (Å²) in [6.45, 7) is 4.94. The van der Waals surface area contributed by atoms with Crippen LogP contribution in [0.1, 0.15) is 43.9 Å². The first-order valence-electron chi connectivity index (χ1n) is 14.7. The van der Waals surface area contributed by atoms with Gasteiger partial charge in [-0.3, -0.25) is 9.59 Å². The number of hydrogen-bond donors (Lipinski definition) is 3. The predicted octanol–water partition coefficient (Wildman–Crippen LogP) is 4.28. The van der Waals surface area contributed by atoms with Crippen LogP contribution in [0.25, 0.3) is 0 Å². The standard InChI is InChI=1S/C34H38N4O7/c1-23(2)19-28(29(39)35-20-27(30(40)41)36-32(43)45-22-25-15-9-5-10-16-25)38-31(42)34(3,26-17-11-6-12-18-26)37(33(38)44)21-24-13-7-4-8-14-24/h4-18,23,27-28H,19-22H2,1-3H3,(H,35,39)(H,36,43)(H,40,41)/t27-,28?,34-/m0/s1. The van der Waals surface area contributed by atoms with E-state index >= 15 is 0 Å². The van der Waals surface area contributed by atoms with Crippen LogP contribution in [0.15, 0.2) is 91.0 Å². The average molecular weight is 615 g/mol. The molecule has 3 atom stereocenters. The third kappa shape index (κ3) is 7.67. The Balaban J connectivity index is 1.54. The zero-order valence-electron chi connectivity index (χ0n) is 25.5. The van der Waals surface area contributed by atoms with Crippen LogP contribution in [0, 0.1) is 5.92 Å². The number of amides is 5. The number of imide groups is 1. The van der Waals surface area contributed by atoms with Crippen LogP contribution in [0.5, 0.6) is 0 Å². The molecule has 1 heterocycles. The van der Waals surface area contributed by atoms with E-state index < -0.39 is 54.1 Å². The zero-order chi connectivity index (χ0) is 32.6. The molecule has 11 nitrogen and oxygen atoms in total. The second-order valence-corrected chi connectivity index (χ2v) is 11.5. The van der Waals surface area contributed by atoms with Crippen LogP contribution in [0.2, 0.25) is 0 Å². The monoisotopic (exact) mass is 614 g/mol.